The van der Waals surface area contributed by atoms with E-state index in [1.54, 1.807) is 56.3 Å². The Bertz CT molecular complexity index is 1340. The molecule has 2 aromatic carbocycles. The number of rotatable bonds is 5. The second-order valence-corrected chi connectivity index (χ2v) is 8.14. The maximum Gasteiger partial charge on any atom is 0.300 e. The van der Waals surface area contributed by atoms with Gasteiger partial charge in [-0.15, -0.1) is 0 Å². The predicted octanol–water partition coefficient (Wildman–Crippen LogP) is 5.00. The van der Waals surface area contributed by atoms with Crippen molar-refractivity contribution in [2.24, 2.45) is 0 Å². The largest absolute Gasteiger partial charge is 0.507 e. The molecular formula is C25H20ClNO7. The molecule has 1 unspecified atom stereocenters. The van der Waals surface area contributed by atoms with Gasteiger partial charge in [0.05, 0.1) is 17.2 Å². The number of hydrogen-bond donors (Lipinski definition) is 1. The second kappa shape index (κ2) is 8.46. The lowest BCUT2D eigenvalue weighted by molar-refractivity contribution is -0.132. The number of ether oxygens (including phenoxy) is 3. The fourth-order valence-corrected chi connectivity index (χ4v) is 4.25. The van der Waals surface area contributed by atoms with Crippen LogP contribution in [0.4, 0.5) is 5.69 Å². The van der Waals surface area contributed by atoms with E-state index in [4.69, 9.17) is 30.2 Å². The van der Waals surface area contributed by atoms with Gasteiger partial charge >= 0.3 is 0 Å². The Kier molecular flexibility index (Phi) is 5.45. The van der Waals surface area contributed by atoms with E-state index < -0.39 is 17.7 Å². The zero-order valence-corrected chi connectivity index (χ0v) is 19.1. The van der Waals surface area contributed by atoms with Crippen LogP contribution in [0.3, 0.4) is 0 Å². The van der Waals surface area contributed by atoms with Gasteiger partial charge in [-0.05, 0) is 56.3 Å². The molecule has 3 aromatic rings. The van der Waals surface area contributed by atoms with Crippen molar-refractivity contribution in [3.8, 4) is 17.2 Å². The van der Waals surface area contributed by atoms with Gasteiger partial charge in [-0.25, -0.2) is 0 Å². The molecular weight excluding hydrogens is 462 g/mol. The van der Waals surface area contributed by atoms with Crippen LogP contribution in [0.1, 0.15) is 30.0 Å². The number of halogens is 1. The number of aliphatic hydroxyl groups is 1. The standard InChI is InChI=1S/C25H20ClNO7/c1-3-31-19-10-14(5-7-16(19)26)23(28)21-22(18-8-4-13(2)34-18)27(25(30)24(21)29)15-6-9-17-20(11-15)33-12-32-17/h4-11,22,28H,3,12H2,1-2H3/b23-21-. The minimum Gasteiger partial charge on any atom is -0.507 e. The number of furan rings is 1. The highest BCUT2D eigenvalue weighted by Crippen LogP contribution is 2.45. The van der Waals surface area contributed by atoms with Gasteiger partial charge in [0.2, 0.25) is 6.79 Å². The van der Waals surface area contributed by atoms with Crippen LogP contribution in [-0.2, 0) is 9.59 Å². The lowest BCUT2D eigenvalue weighted by atomic mass is 9.99. The summed E-state index contributed by atoms with van der Waals surface area (Å²) in [5.74, 6) is 0.247. The van der Waals surface area contributed by atoms with Crippen LogP contribution in [0.25, 0.3) is 5.76 Å². The van der Waals surface area contributed by atoms with E-state index in [1.807, 2.05) is 0 Å². The van der Waals surface area contributed by atoms with E-state index in [1.165, 1.54) is 11.0 Å². The molecule has 2 aliphatic heterocycles. The molecule has 0 spiro atoms. The molecule has 0 bridgehead atoms. The highest BCUT2D eigenvalue weighted by atomic mass is 35.5. The maximum absolute atomic E-state index is 13.2. The number of anilines is 1. The Morgan fingerprint density at radius 2 is 1.91 bits per heavy atom. The molecule has 0 saturated carbocycles. The molecule has 34 heavy (non-hydrogen) atoms. The fourth-order valence-electron chi connectivity index (χ4n) is 4.08. The van der Waals surface area contributed by atoms with Gasteiger partial charge in [-0.2, -0.15) is 0 Å². The quantitative estimate of drug-likeness (QED) is 0.311. The predicted molar refractivity (Wildman–Crippen MR) is 123 cm³/mol. The van der Waals surface area contributed by atoms with E-state index in [2.05, 4.69) is 0 Å². The number of Topliss-reactive ketones (excluding diaryl/α,β-unsaturated/α-hetero) is 1. The number of aryl methyl sites for hydroxylation is 1. The first-order chi connectivity index (χ1) is 16.4. The molecule has 0 aliphatic carbocycles. The van der Waals surface area contributed by atoms with E-state index in [0.29, 0.717) is 46.1 Å². The van der Waals surface area contributed by atoms with Crippen LogP contribution < -0.4 is 19.1 Å². The molecule has 1 atom stereocenters. The number of ketones is 1. The average molecular weight is 482 g/mol. The lowest BCUT2D eigenvalue weighted by Gasteiger charge is -2.23. The SMILES string of the molecule is CCOc1cc(/C(O)=C2/C(=O)C(=O)N(c3ccc4c(c3)OCO4)C2c2ccc(C)o2)ccc1Cl. The topological polar surface area (TPSA) is 98.4 Å². The number of fused-ring (bicyclic) bond motifs is 1. The molecule has 1 aromatic heterocycles. The van der Waals surface area contributed by atoms with Crippen LogP contribution in [0, 0.1) is 6.92 Å². The van der Waals surface area contributed by atoms with Crippen molar-refractivity contribution in [2.75, 3.05) is 18.3 Å². The normalized spacial score (nSPS) is 18.6. The first-order valence-electron chi connectivity index (χ1n) is 10.6. The molecule has 5 rings (SSSR count). The summed E-state index contributed by atoms with van der Waals surface area (Å²) in [4.78, 5) is 27.8. The van der Waals surface area contributed by atoms with Crippen molar-refractivity contribution in [1.82, 2.24) is 0 Å². The summed E-state index contributed by atoms with van der Waals surface area (Å²) in [6.07, 6.45) is 0. The van der Waals surface area contributed by atoms with E-state index >= 15 is 0 Å². The van der Waals surface area contributed by atoms with Gasteiger partial charge < -0.3 is 23.7 Å². The Hall–Kier alpha value is -3.91. The highest BCUT2D eigenvalue weighted by Gasteiger charge is 2.48. The molecule has 9 heteroatoms. The maximum atomic E-state index is 13.2. The number of amides is 1. The summed E-state index contributed by atoms with van der Waals surface area (Å²) < 4.78 is 22.1. The third kappa shape index (κ3) is 3.56. The first kappa shape index (κ1) is 21.9. The summed E-state index contributed by atoms with van der Waals surface area (Å²) in [7, 11) is 0. The van der Waals surface area contributed by atoms with Gasteiger partial charge in [0.15, 0.2) is 11.5 Å². The first-order valence-corrected chi connectivity index (χ1v) is 11.0. The zero-order valence-electron chi connectivity index (χ0n) is 18.3. The van der Waals surface area contributed by atoms with Crippen molar-refractivity contribution in [2.45, 2.75) is 19.9 Å². The molecule has 174 valence electrons. The van der Waals surface area contributed by atoms with Crippen LogP contribution in [0.2, 0.25) is 5.02 Å². The second-order valence-electron chi connectivity index (χ2n) is 7.73. The lowest BCUT2D eigenvalue weighted by Crippen LogP contribution is -2.29. The molecule has 1 amide bonds. The minimum absolute atomic E-state index is 0.0666. The van der Waals surface area contributed by atoms with Crippen molar-refractivity contribution in [3.05, 3.63) is 76.2 Å². The summed E-state index contributed by atoms with van der Waals surface area (Å²) in [5, 5.41) is 11.6. The number of nitrogens with zero attached hydrogens (tertiary/aromatic N) is 1. The smallest absolute Gasteiger partial charge is 0.300 e. The van der Waals surface area contributed by atoms with Crippen LogP contribution in [0.15, 0.2) is 58.5 Å². The monoisotopic (exact) mass is 481 g/mol. The van der Waals surface area contributed by atoms with E-state index in [-0.39, 0.29) is 23.7 Å². The van der Waals surface area contributed by atoms with E-state index in [0.717, 1.165) is 0 Å². The van der Waals surface area contributed by atoms with Crippen LogP contribution >= 0.6 is 11.6 Å². The average Bonchev–Trinajstić information content (AvgIpc) is 3.53. The van der Waals surface area contributed by atoms with Gasteiger partial charge in [-0.3, -0.25) is 14.5 Å². The molecule has 1 fully saturated rings. The molecule has 1 saturated heterocycles. The van der Waals surface area contributed by atoms with Gasteiger partial charge in [-0.1, -0.05) is 11.6 Å². The summed E-state index contributed by atoms with van der Waals surface area (Å²) in [6, 6.07) is 12.0. The molecule has 0 radical (unpaired) electrons. The van der Waals surface area contributed by atoms with Crippen molar-refractivity contribution >= 4 is 34.7 Å². The number of carbonyl (C=O) groups is 2. The molecule has 3 heterocycles. The van der Waals surface area contributed by atoms with Gasteiger partial charge in [0, 0.05) is 17.3 Å². The van der Waals surface area contributed by atoms with E-state index in [9.17, 15) is 14.7 Å². The number of aliphatic hydroxyl groups excluding tert-OH is 1. The Morgan fingerprint density at radius 3 is 2.65 bits per heavy atom. The number of benzene rings is 2. The van der Waals surface area contributed by atoms with Crippen molar-refractivity contribution in [3.63, 3.8) is 0 Å². The summed E-state index contributed by atoms with van der Waals surface area (Å²) in [6.45, 7) is 3.99. The van der Waals surface area contributed by atoms with Crippen molar-refractivity contribution < 1.29 is 33.3 Å². The zero-order chi connectivity index (χ0) is 24.0. The molecule has 8 nitrogen and oxygen atoms in total. The van der Waals surface area contributed by atoms with Gasteiger partial charge in [0.1, 0.15) is 29.1 Å². The molecule has 2 aliphatic rings. The van der Waals surface area contributed by atoms with Crippen molar-refractivity contribution in [1.29, 1.82) is 0 Å². The Balaban J connectivity index is 1.68. The van der Waals surface area contributed by atoms with Crippen LogP contribution in [-0.4, -0.2) is 30.2 Å². The minimum atomic E-state index is -1.000. The number of hydrogen-bond acceptors (Lipinski definition) is 7. The van der Waals surface area contributed by atoms with Gasteiger partial charge in [0.25, 0.3) is 11.7 Å². The molecule has 1 N–H and O–H groups in total. The summed E-state index contributed by atoms with van der Waals surface area (Å²) in [5.41, 5.74) is 0.571. The third-order valence-electron chi connectivity index (χ3n) is 5.61. The fraction of sp³-hybridized carbons (Fsp3) is 0.200. The Labute approximate surface area is 199 Å². The Morgan fingerprint density at radius 1 is 1.12 bits per heavy atom. The van der Waals surface area contributed by atoms with Crippen LogP contribution in [0.5, 0.6) is 17.2 Å². The number of carbonyl (C=O) groups excluding carboxylic acids is 2. The third-order valence-corrected chi connectivity index (χ3v) is 5.93. The highest BCUT2D eigenvalue weighted by molar-refractivity contribution is 6.51. The summed E-state index contributed by atoms with van der Waals surface area (Å²) >= 11 is 6.18.